The highest BCUT2D eigenvalue weighted by atomic mass is 19.1. The van der Waals surface area contributed by atoms with Gasteiger partial charge in [0.15, 0.2) is 0 Å². The Bertz CT molecular complexity index is 407. The molecule has 1 aromatic rings. The molecule has 100 valence electrons. The van der Waals surface area contributed by atoms with Crippen LogP contribution < -0.4 is 10.6 Å². The minimum atomic E-state index is -0.147. The summed E-state index contributed by atoms with van der Waals surface area (Å²) in [6, 6.07) is 5.08. The number of piperidine rings is 1. The smallest absolute Gasteiger partial charge is 0.146 e. The van der Waals surface area contributed by atoms with Gasteiger partial charge in [0.25, 0.3) is 0 Å². The van der Waals surface area contributed by atoms with Gasteiger partial charge in [-0.05, 0) is 36.8 Å². The van der Waals surface area contributed by atoms with Crippen molar-refractivity contribution in [3.8, 4) is 0 Å². The number of anilines is 1. The highest BCUT2D eigenvalue weighted by Crippen LogP contribution is 2.33. The highest BCUT2D eigenvalue weighted by Gasteiger charge is 2.26. The average Bonchev–Trinajstić information content (AvgIpc) is 2.26. The predicted octanol–water partition coefficient (Wildman–Crippen LogP) is 3.33. The molecule has 2 nitrogen and oxygen atoms in total. The predicted molar refractivity (Wildman–Crippen MR) is 74.2 cm³/mol. The first-order valence-electron chi connectivity index (χ1n) is 6.78. The summed E-state index contributed by atoms with van der Waals surface area (Å²) in [4.78, 5) is 2.17. The minimum Gasteiger partial charge on any atom is -0.368 e. The third kappa shape index (κ3) is 2.66. The van der Waals surface area contributed by atoms with Gasteiger partial charge in [0.2, 0.25) is 0 Å². The molecule has 1 saturated heterocycles. The second-order valence-electron chi connectivity index (χ2n) is 5.82. The molecule has 2 rings (SSSR count). The lowest BCUT2D eigenvalue weighted by Crippen LogP contribution is -2.40. The molecule has 0 radical (unpaired) electrons. The largest absolute Gasteiger partial charge is 0.368 e. The van der Waals surface area contributed by atoms with Gasteiger partial charge in [-0.1, -0.05) is 26.0 Å². The number of rotatable bonds is 2. The standard InChI is InChI=1S/C15H23FN2/c1-10-7-11(2)9-18(8-10)15-13(12(3)17)5-4-6-14(15)16/h4-6,10-12H,7-9,17H2,1-3H3. The van der Waals surface area contributed by atoms with Gasteiger partial charge >= 0.3 is 0 Å². The van der Waals surface area contributed by atoms with E-state index in [1.165, 1.54) is 12.5 Å². The molecule has 3 unspecified atom stereocenters. The molecule has 3 atom stereocenters. The molecule has 0 spiro atoms. The first-order valence-corrected chi connectivity index (χ1v) is 6.78. The summed E-state index contributed by atoms with van der Waals surface area (Å²) in [5.41, 5.74) is 7.59. The summed E-state index contributed by atoms with van der Waals surface area (Å²) in [6.07, 6.45) is 1.22. The Morgan fingerprint density at radius 1 is 1.28 bits per heavy atom. The van der Waals surface area contributed by atoms with Crippen LogP contribution in [0.5, 0.6) is 0 Å². The summed E-state index contributed by atoms with van der Waals surface area (Å²) >= 11 is 0. The first-order chi connectivity index (χ1) is 8.49. The van der Waals surface area contributed by atoms with Crippen molar-refractivity contribution in [2.45, 2.75) is 33.2 Å². The van der Waals surface area contributed by atoms with E-state index >= 15 is 0 Å². The molecule has 2 N–H and O–H groups in total. The fourth-order valence-corrected chi connectivity index (χ4v) is 3.08. The van der Waals surface area contributed by atoms with E-state index in [1.54, 1.807) is 6.07 Å². The fraction of sp³-hybridized carbons (Fsp3) is 0.600. The molecular formula is C15H23FN2. The molecule has 1 aromatic carbocycles. The third-order valence-corrected chi connectivity index (χ3v) is 3.69. The minimum absolute atomic E-state index is 0.136. The zero-order valence-corrected chi connectivity index (χ0v) is 11.5. The Morgan fingerprint density at radius 3 is 2.44 bits per heavy atom. The Morgan fingerprint density at radius 2 is 1.89 bits per heavy atom. The maximum absolute atomic E-state index is 14.2. The molecule has 18 heavy (non-hydrogen) atoms. The van der Waals surface area contributed by atoms with Gasteiger partial charge in [-0.2, -0.15) is 0 Å². The Kier molecular flexibility index (Phi) is 3.91. The Hall–Kier alpha value is -1.09. The zero-order valence-electron chi connectivity index (χ0n) is 11.5. The van der Waals surface area contributed by atoms with Gasteiger partial charge < -0.3 is 10.6 Å². The van der Waals surface area contributed by atoms with Crippen molar-refractivity contribution in [3.63, 3.8) is 0 Å². The third-order valence-electron chi connectivity index (χ3n) is 3.69. The van der Waals surface area contributed by atoms with Crippen LogP contribution in [0.4, 0.5) is 10.1 Å². The zero-order chi connectivity index (χ0) is 13.3. The van der Waals surface area contributed by atoms with Crippen LogP contribution in [-0.2, 0) is 0 Å². The summed E-state index contributed by atoms with van der Waals surface area (Å²) in [6.45, 7) is 8.22. The van der Waals surface area contributed by atoms with Crippen LogP contribution in [0.15, 0.2) is 18.2 Å². The number of hydrogen-bond donors (Lipinski definition) is 1. The second kappa shape index (κ2) is 5.27. The monoisotopic (exact) mass is 250 g/mol. The van der Waals surface area contributed by atoms with Gasteiger partial charge in [-0.25, -0.2) is 4.39 Å². The van der Waals surface area contributed by atoms with Crippen molar-refractivity contribution in [2.24, 2.45) is 17.6 Å². The number of para-hydroxylation sites is 1. The van der Waals surface area contributed by atoms with Crippen molar-refractivity contribution >= 4 is 5.69 Å². The molecule has 1 heterocycles. The maximum atomic E-state index is 14.2. The van der Waals surface area contributed by atoms with E-state index in [9.17, 15) is 4.39 Å². The number of nitrogens with zero attached hydrogens (tertiary/aromatic N) is 1. The summed E-state index contributed by atoms with van der Waals surface area (Å²) < 4.78 is 14.2. The van der Waals surface area contributed by atoms with Crippen molar-refractivity contribution in [1.82, 2.24) is 0 Å². The van der Waals surface area contributed by atoms with E-state index in [0.29, 0.717) is 17.5 Å². The van der Waals surface area contributed by atoms with Gasteiger partial charge in [0.05, 0.1) is 5.69 Å². The Balaban J connectivity index is 2.37. The SMILES string of the molecule is CC1CC(C)CN(c2c(F)cccc2C(C)N)C1. The van der Waals surface area contributed by atoms with E-state index in [-0.39, 0.29) is 11.9 Å². The van der Waals surface area contributed by atoms with E-state index in [0.717, 1.165) is 18.7 Å². The van der Waals surface area contributed by atoms with E-state index in [4.69, 9.17) is 5.73 Å². The molecule has 0 aliphatic carbocycles. The van der Waals surface area contributed by atoms with Crippen LogP contribution in [0, 0.1) is 17.7 Å². The van der Waals surface area contributed by atoms with Gasteiger partial charge in [-0.15, -0.1) is 0 Å². The number of nitrogens with two attached hydrogens (primary N) is 1. The molecule has 0 amide bonds. The molecule has 1 fully saturated rings. The highest BCUT2D eigenvalue weighted by molar-refractivity contribution is 5.56. The lowest BCUT2D eigenvalue weighted by atomic mass is 9.90. The number of halogens is 1. The summed E-state index contributed by atoms with van der Waals surface area (Å²) in [5.74, 6) is 1.06. The molecule has 0 saturated carbocycles. The van der Waals surface area contributed by atoms with Gasteiger partial charge in [-0.3, -0.25) is 0 Å². The van der Waals surface area contributed by atoms with Crippen LogP contribution in [0.25, 0.3) is 0 Å². The molecule has 0 bridgehead atoms. The summed E-state index contributed by atoms with van der Waals surface area (Å²) in [7, 11) is 0. The topological polar surface area (TPSA) is 29.3 Å². The van der Waals surface area contributed by atoms with Crippen molar-refractivity contribution < 1.29 is 4.39 Å². The first kappa shape index (κ1) is 13.3. The van der Waals surface area contributed by atoms with E-state index < -0.39 is 0 Å². The summed E-state index contributed by atoms with van der Waals surface area (Å²) in [5, 5.41) is 0. The van der Waals surface area contributed by atoms with Crippen LogP contribution >= 0.6 is 0 Å². The maximum Gasteiger partial charge on any atom is 0.146 e. The Labute approximate surface area is 109 Å². The lowest BCUT2D eigenvalue weighted by Gasteiger charge is -2.38. The molecule has 3 heteroatoms. The number of hydrogen-bond acceptors (Lipinski definition) is 2. The van der Waals surface area contributed by atoms with Crippen LogP contribution in [-0.4, -0.2) is 13.1 Å². The molecule has 1 aliphatic heterocycles. The van der Waals surface area contributed by atoms with E-state index in [1.807, 2.05) is 13.0 Å². The molecule has 0 aromatic heterocycles. The molecular weight excluding hydrogens is 227 g/mol. The van der Waals surface area contributed by atoms with E-state index in [2.05, 4.69) is 18.7 Å². The average molecular weight is 250 g/mol. The fourth-order valence-electron chi connectivity index (χ4n) is 3.08. The van der Waals surface area contributed by atoms with Gasteiger partial charge in [0, 0.05) is 19.1 Å². The van der Waals surface area contributed by atoms with Crippen LogP contribution in [0.1, 0.15) is 38.8 Å². The number of benzene rings is 1. The normalized spacial score (nSPS) is 26.2. The van der Waals surface area contributed by atoms with Crippen LogP contribution in [0.2, 0.25) is 0 Å². The lowest BCUT2D eigenvalue weighted by molar-refractivity contribution is 0.354. The molecule has 1 aliphatic rings. The second-order valence-corrected chi connectivity index (χ2v) is 5.82. The van der Waals surface area contributed by atoms with Crippen molar-refractivity contribution in [2.75, 3.05) is 18.0 Å². The van der Waals surface area contributed by atoms with Crippen molar-refractivity contribution in [3.05, 3.63) is 29.6 Å². The quantitative estimate of drug-likeness (QED) is 0.872. The van der Waals surface area contributed by atoms with Crippen molar-refractivity contribution in [1.29, 1.82) is 0 Å². The van der Waals surface area contributed by atoms with Crippen LogP contribution in [0.3, 0.4) is 0 Å². The van der Waals surface area contributed by atoms with Gasteiger partial charge in [0.1, 0.15) is 5.82 Å².